The second kappa shape index (κ2) is 7.01. The smallest absolute Gasteiger partial charge is 0.328 e. The first-order valence-corrected chi connectivity index (χ1v) is 7.35. The van der Waals surface area contributed by atoms with Crippen molar-refractivity contribution in [3.8, 4) is 0 Å². The van der Waals surface area contributed by atoms with Gasteiger partial charge in [-0.1, -0.05) is 30.3 Å². The third-order valence-electron chi connectivity index (χ3n) is 2.45. The lowest BCUT2D eigenvalue weighted by Gasteiger charge is -2.16. The molecule has 1 rings (SSSR count). The van der Waals surface area contributed by atoms with Crippen molar-refractivity contribution < 1.29 is 27.9 Å². The van der Waals surface area contributed by atoms with Gasteiger partial charge < -0.3 is 9.84 Å². The molecule has 0 aliphatic carbocycles. The summed E-state index contributed by atoms with van der Waals surface area (Å²) in [6.07, 6.45) is -0.544. The summed E-state index contributed by atoms with van der Waals surface area (Å²) in [5, 5.41) is 8.50. The molecule has 0 bridgehead atoms. The number of carbonyl (C=O) groups is 2. The first-order valence-electron chi connectivity index (χ1n) is 5.70. The molecule has 2 N–H and O–H groups in total. The van der Waals surface area contributed by atoms with Crippen LogP contribution in [0.25, 0.3) is 0 Å². The predicted molar refractivity (Wildman–Crippen MR) is 70.4 cm³/mol. The number of esters is 1. The van der Waals surface area contributed by atoms with Crippen molar-refractivity contribution in [1.29, 1.82) is 0 Å². The van der Waals surface area contributed by atoms with E-state index in [1.165, 1.54) is 0 Å². The SMILES string of the molecule is COC(=O)C(NS(=O)(=O)CCC(=O)O)c1ccccc1. The third kappa shape index (κ3) is 4.98. The first kappa shape index (κ1) is 16.1. The minimum absolute atomic E-state index is 0.415. The molecule has 0 aliphatic rings. The summed E-state index contributed by atoms with van der Waals surface area (Å²) in [4.78, 5) is 22.1. The highest BCUT2D eigenvalue weighted by molar-refractivity contribution is 7.89. The Morgan fingerprint density at radius 1 is 1.30 bits per heavy atom. The zero-order valence-electron chi connectivity index (χ0n) is 10.8. The van der Waals surface area contributed by atoms with Crippen LogP contribution in [0.2, 0.25) is 0 Å². The van der Waals surface area contributed by atoms with E-state index in [1.54, 1.807) is 30.3 Å². The molecular formula is C12H15NO6S. The summed E-state index contributed by atoms with van der Waals surface area (Å²) >= 11 is 0. The van der Waals surface area contributed by atoms with Gasteiger partial charge in [-0.3, -0.25) is 4.79 Å². The van der Waals surface area contributed by atoms with Gasteiger partial charge in [-0.25, -0.2) is 13.2 Å². The maximum atomic E-state index is 11.8. The van der Waals surface area contributed by atoms with Gasteiger partial charge in [0.1, 0.15) is 6.04 Å². The van der Waals surface area contributed by atoms with Gasteiger partial charge in [0, 0.05) is 0 Å². The summed E-state index contributed by atoms with van der Waals surface area (Å²) in [6, 6.07) is 6.97. The number of carboxylic acid groups (broad SMARTS) is 1. The van der Waals surface area contributed by atoms with Gasteiger partial charge in [-0.05, 0) is 5.56 Å². The second-order valence-electron chi connectivity index (χ2n) is 3.95. The van der Waals surface area contributed by atoms with Gasteiger partial charge in [-0.2, -0.15) is 4.72 Å². The molecule has 1 aromatic carbocycles. The summed E-state index contributed by atoms with van der Waals surface area (Å²) in [5.41, 5.74) is 0.415. The average Bonchev–Trinajstić information content (AvgIpc) is 2.43. The van der Waals surface area contributed by atoms with E-state index in [2.05, 4.69) is 9.46 Å². The molecule has 0 saturated heterocycles. The highest BCUT2D eigenvalue weighted by Gasteiger charge is 2.27. The van der Waals surface area contributed by atoms with E-state index < -0.39 is 40.2 Å². The standard InChI is InChI=1S/C12H15NO6S/c1-19-12(16)11(9-5-3-2-4-6-9)13-20(17,18)8-7-10(14)15/h2-6,11,13H,7-8H2,1H3,(H,14,15). The van der Waals surface area contributed by atoms with E-state index in [0.29, 0.717) is 5.56 Å². The topological polar surface area (TPSA) is 110 Å². The molecule has 1 aromatic rings. The number of carbonyl (C=O) groups excluding carboxylic acids is 1. The summed E-state index contributed by atoms with van der Waals surface area (Å²) < 4.78 is 30.2. The molecule has 0 amide bonds. The van der Waals surface area contributed by atoms with Gasteiger partial charge in [0.05, 0.1) is 19.3 Å². The Morgan fingerprint density at radius 2 is 1.90 bits per heavy atom. The number of ether oxygens (including phenoxy) is 1. The van der Waals surface area contributed by atoms with Gasteiger partial charge in [0.2, 0.25) is 10.0 Å². The lowest BCUT2D eigenvalue weighted by molar-refractivity contribution is -0.142. The molecule has 0 aromatic heterocycles. The van der Waals surface area contributed by atoms with E-state index in [-0.39, 0.29) is 0 Å². The number of methoxy groups -OCH3 is 1. The summed E-state index contributed by atoms with van der Waals surface area (Å²) in [5.74, 6) is -2.61. The number of hydrogen-bond donors (Lipinski definition) is 2. The molecule has 0 saturated carbocycles. The molecule has 0 spiro atoms. The number of sulfonamides is 1. The van der Waals surface area contributed by atoms with Crippen LogP contribution in [-0.2, 0) is 24.3 Å². The van der Waals surface area contributed by atoms with Crippen LogP contribution < -0.4 is 4.72 Å². The fourth-order valence-corrected chi connectivity index (χ4v) is 2.63. The van der Waals surface area contributed by atoms with Crippen molar-refractivity contribution in [2.24, 2.45) is 0 Å². The minimum Gasteiger partial charge on any atom is -0.481 e. The number of aliphatic carboxylic acids is 1. The van der Waals surface area contributed by atoms with Crippen molar-refractivity contribution >= 4 is 22.0 Å². The van der Waals surface area contributed by atoms with Crippen LogP contribution in [0.4, 0.5) is 0 Å². The Kier molecular flexibility index (Phi) is 5.66. The molecule has 20 heavy (non-hydrogen) atoms. The van der Waals surface area contributed by atoms with Gasteiger partial charge in [-0.15, -0.1) is 0 Å². The molecule has 0 aliphatic heterocycles. The van der Waals surface area contributed by atoms with Crippen molar-refractivity contribution in [1.82, 2.24) is 4.72 Å². The predicted octanol–water partition coefficient (Wildman–Crippen LogP) is 0.295. The number of nitrogens with one attached hydrogen (secondary N) is 1. The molecule has 0 fully saturated rings. The molecule has 0 radical (unpaired) electrons. The maximum Gasteiger partial charge on any atom is 0.328 e. The highest BCUT2D eigenvalue weighted by Crippen LogP contribution is 2.15. The molecular weight excluding hydrogens is 286 g/mol. The lowest BCUT2D eigenvalue weighted by atomic mass is 10.1. The molecule has 7 nitrogen and oxygen atoms in total. The largest absolute Gasteiger partial charge is 0.481 e. The van der Waals surface area contributed by atoms with E-state index in [4.69, 9.17) is 5.11 Å². The Morgan fingerprint density at radius 3 is 2.40 bits per heavy atom. The van der Waals surface area contributed by atoms with Crippen molar-refractivity contribution in [2.45, 2.75) is 12.5 Å². The Labute approximate surface area is 116 Å². The van der Waals surface area contributed by atoms with Crippen LogP contribution in [0.5, 0.6) is 0 Å². The zero-order valence-corrected chi connectivity index (χ0v) is 11.6. The monoisotopic (exact) mass is 301 g/mol. The van der Waals surface area contributed by atoms with E-state index in [1.807, 2.05) is 0 Å². The van der Waals surface area contributed by atoms with Gasteiger partial charge in [0.15, 0.2) is 0 Å². The Bertz CT molecular complexity index is 569. The van der Waals surface area contributed by atoms with Crippen LogP contribution >= 0.6 is 0 Å². The van der Waals surface area contributed by atoms with Crippen molar-refractivity contribution in [2.75, 3.05) is 12.9 Å². The number of carboxylic acids is 1. The van der Waals surface area contributed by atoms with E-state index in [9.17, 15) is 18.0 Å². The third-order valence-corrected chi connectivity index (χ3v) is 3.79. The van der Waals surface area contributed by atoms with Crippen LogP contribution in [0, 0.1) is 0 Å². The highest BCUT2D eigenvalue weighted by atomic mass is 32.2. The van der Waals surface area contributed by atoms with E-state index in [0.717, 1.165) is 7.11 Å². The fourth-order valence-electron chi connectivity index (χ4n) is 1.48. The maximum absolute atomic E-state index is 11.8. The van der Waals surface area contributed by atoms with Crippen LogP contribution in [0.3, 0.4) is 0 Å². The molecule has 110 valence electrons. The molecule has 8 heteroatoms. The normalized spacial score (nSPS) is 12.7. The Hall–Kier alpha value is -1.93. The molecule has 1 unspecified atom stereocenters. The van der Waals surface area contributed by atoms with Crippen molar-refractivity contribution in [3.05, 3.63) is 35.9 Å². The summed E-state index contributed by atoms with van der Waals surface area (Å²) in [7, 11) is -2.77. The molecule has 0 heterocycles. The lowest BCUT2D eigenvalue weighted by Crippen LogP contribution is -2.36. The van der Waals surface area contributed by atoms with E-state index >= 15 is 0 Å². The summed E-state index contributed by atoms with van der Waals surface area (Å²) in [6.45, 7) is 0. The molecule has 1 atom stereocenters. The number of benzene rings is 1. The van der Waals surface area contributed by atoms with Crippen LogP contribution in [-0.4, -0.2) is 38.3 Å². The van der Waals surface area contributed by atoms with Gasteiger partial charge in [0.25, 0.3) is 0 Å². The van der Waals surface area contributed by atoms with Gasteiger partial charge >= 0.3 is 11.9 Å². The zero-order chi connectivity index (χ0) is 15.2. The fraction of sp³-hybridized carbons (Fsp3) is 0.333. The Balaban J connectivity index is 2.91. The second-order valence-corrected chi connectivity index (χ2v) is 5.82. The minimum atomic E-state index is -3.91. The number of rotatable bonds is 7. The first-order chi connectivity index (χ1) is 9.35. The van der Waals surface area contributed by atoms with Crippen LogP contribution in [0.15, 0.2) is 30.3 Å². The number of hydrogen-bond acceptors (Lipinski definition) is 5. The quantitative estimate of drug-likeness (QED) is 0.701. The van der Waals surface area contributed by atoms with Crippen LogP contribution in [0.1, 0.15) is 18.0 Å². The van der Waals surface area contributed by atoms with Crippen molar-refractivity contribution in [3.63, 3.8) is 0 Å². The average molecular weight is 301 g/mol.